The first-order valence-corrected chi connectivity index (χ1v) is 8.14. The molecule has 0 aliphatic heterocycles. The van der Waals surface area contributed by atoms with Crippen molar-refractivity contribution in [2.75, 3.05) is 0 Å². The van der Waals surface area contributed by atoms with Gasteiger partial charge in [-0.2, -0.15) is 0 Å². The van der Waals surface area contributed by atoms with Crippen LogP contribution >= 0.6 is 0 Å². The Bertz CT molecular complexity index is 667. The topological polar surface area (TPSA) is 90.1 Å². The van der Waals surface area contributed by atoms with Gasteiger partial charge in [-0.05, 0) is 39.2 Å². The molecule has 0 spiro atoms. The molecule has 7 nitrogen and oxygen atoms in total. The number of aromatic nitrogens is 3. The van der Waals surface area contributed by atoms with E-state index in [1.54, 1.807) is 18.3 Å². The minimum atomic E-state index is -0.252. The zero-order valence-electron chi connectivity index (χ0n) is 14.7. The second kappa shape index (κ2) is 7.90. The molecule has 7 heteroatoms. The van der Waals surface area contributed by atoms with E-state index in [1.807, 2.05) is 20.8 Å². The fourth-order valence-electron chi connectivity index (χ4n) is 2.25. The van der Waals surface area contributed by atoms with E-state index in [0.717, 1.165) is 17.7 Å². The second-order valence-electron chi connectivity index (χ2n) is 6.15. The van der Waals surface area contributed by atoms with Gasteiger partial charge in [-0.15, -0.1) is 10.2 Å². The summed E-state index contributed by atoms with van der Waals surface area (Å²) in [6.07, 6.45) is 2.37. The van der Waals surface area contributed by atoms with Gasteiger partial charge in [0.2, 0.25) is 5.88 Å². The van der Waals surface area contributed by atoms with Crippen molar-refractivity contribution in [3.63, 3.8) is 0 Å². The average Bonchev–Trinajstić information content (AvgIpc) is 2.97. The highest BCUT2D eigenvalue weighted by molar-refractivity contribution is 5.92. The van der Waals surface area contributed by atoms with Crippen molar-refractivity contribution in [3.8, 4) is 5.88 Å². The number of rotatable bonds is 7. The zero-order chi connectivity index (χ0) is 17.7. The van der Waals surface area contributed by atoms with Crippen molar-refractivity contribution in [1.29, 1.82) is 0 Å². The van der Waals surface area contributed by atoms with Gasteiger partial charge in [0.25, 0.3) is 5.91 Å². The highest BCUT2D eigenvalue weighted by Crippen LogP contribution is 2.31. The van der Waals surface area contributed by atoms with E-state index in [1.165, 1.54) is 0 Å². The number of carbonyl (C=O) groups excluding carboxylic acids is 1. The monoisotopic (exact) mass is 332 g/mol. The summed E-state index contributed by atoms with van der Waals surface area (Å²) < 4.78 is 11.1. The summed E-state index contributed by atoms with van der Waals surface area (Å²) in [6, 6.07) is 3.30. The summed E-state index contributed by atoms with van der Waals surface area (Å²) in [5.41, 5.74) is 1.16. The van der Waals surface area contributed by atoms with Crippen LogP contribution in [0.1, 0.15) is 62.0 Å². The van der Waals surface area contributed by atoms with E-state index in [0.29, 0.717) is 5.88 Å². The first kappa shape index (κ1) is 17.9. The van der Waals surface area contributed by atoms with Crippen molar-refractivity contribution in [2.24, 2.45) is 5.92 Å². The van der Waals surface area contributed by atoms with Crippen LogP contribution in [0.2, 0.25) is 0 Å². The van der Waals surface area contributed by atoms with Gasteiger partial charge < -0.3 is 14.6 Å². The summed E-state index contributed by atoms with van der Waals surface area (Å²) >= 11 is 0. The smallest absolute Gasteiger partial charge is 0.272 e. The number of hydrogen-bond acceptors (Lipinski definition) is 6. The van der Waals surface area contributed by atoms with E-state index in [9.17, 15) is 4.79 Å². The van der Waals surface area contributed by atoms with Crippen LogP contribution in [0.5, 0.6) is 5.88 Å². The van der Waals surface area contributed by atoms with Gasteiger partial charge in [0.15, 0.2) is 5.69 Å². The molecule has 2 atom stereocenters. The third-order valence-corrected chi connectivity index (χ3v) is 3.80. The van der Waals surface area contributed by atoms with Crippen LogP contribution in [0, 0.1) is 12.8 Å². The Kier molecular flexibility index (Phi) is 5.89. The molecule has 0 bridgehead atoms. The van der Waals surface area contributed by atoms with Gasteiger partial charge in [-0.25, -0.2) is 0 Å². The maximum Gasteiger partial charge on any atom is 0.272 e. The Labute approximate surface area is 141 Å². The number of aryl methyl sites for hydroxylation is 1. The molecule has 0 aliphatic carbocycles. The van der Waals surface area contributed by atoms with Gasteiger partial charge in [0.05, 0.1) is 11.8 Å². The van der Waals surface area contributed by atoms with E-state index in [-0.39, 0.29) is 29.7 Å². The summed E-state index contributed by atoms with van der Waals surface area (Å²) in [4.78, 5) is 11.9. The molecule has 2 heterocycles. The average molecular weight is 332 g/mol. The first-order valence-electron chi connectivity index (χ1n) is 8.14. The Hall–Kier alpha value is -2.44. The van der Waals surface area contributed by atoms with Crippen LogP contribution in [-0.4, -0.2) is 27.3 Å². The van der Waals surface area contributed by atoms with Crippen molar-refractivity contribution >= 4 is 5.91 Å². The van der Waals surface area contributed by atoms with Crippen molar-refractivity contribution in [3.05, 3.63) is 35.3 Å². The van der Waals surface area contributed by atoms with Gasteiger partial charge in [0, 0.05) is 12.1 Å². The number of amides is 1. The SMILES string of the molecule is CCC(C)C(Oc1ccc(C(=O)NC(C)C)nn1)c1cnoc1C. The van der Waals surface area contributed by atoms with Crippen LogP contribution in [0.15, 0.2) is 22.9 Å². The molecule has 0 saturated carbocycles. The molecule has 0 aromatic carbocycles. The fourth-order valence-corrected chi connectivity index (χ4v) is 2.25. The molecule has 1 N–H and O–H groups in total. The lowest BCUT2D eigenvalue weighted by atomic mass is 9.96. The maximum absolute atomic E-state index is 11.9. The van der Waals surface area contributed by atoms with Crippen molar-refractivity contribution < 1.29 is 14.1 Å². The van der Waals surface area contributed by atoms with Crippen LogP contribution in [-0.2, 0) is 0 Å². The molecule has 0 aliphatic rings. The van der Waals surface area contributed by atoms with Gasteiger partial charge in [-0.1, -0.05) is 19.0 Å². The molecule has 2 aromatic rings. The molecule has 2 rings (SSSR count). The fraction of sp³-hybridized carbons (Fsp3) is 0.529. The quantitative estimate of drug-likeness (QED) is 0.838. The largest absolute Gasteiger partial charge is 0.468 e. The highest BCUT2D eigenvalue weighted by atomic mass is 16.5. The minimum absolute atomic E-state index is 0.0431. The second-order valence-corrected chi connectivity index (χ2v) is 6.15. The lowest BCUT2D eigenvalue weighted by molar-refractivity contribution is 0.0935. The maximum atomic E-state index is 11.9. The Morgan fingerprint density at radius 3 is 2.54 bits per heavy atom. The normalized spacial score (nSPS) is 13.6. The number of carbonyl (C=O) groups is 1. The third kappa shape index (κ3) is 4.31. The molecule has 24 heavy (non-hydrogen) atoms. The third-order valence-electron chi connectivity index (χ3n) is 3.80. The van der Waals surface area contributed by atoms with E-state index < -0.39 is 0 Å². The summed E-state index contributed by atoms with van der Waals surface area (Å²) in [5, 5.41) is 14.6. The van der Waals surface area contributed by atoms with Crippen LogP contribution in [0.4, 0.5) is 0 Å². The number of nitrogens with zero attached hydrogens (tertiary/aromatic N) is 3. The predicted molar refractivity (Wildman–Crippen MR) is 88.7 cm³/mol. The van der Waals surface area contributed by atoms with Crippen LogP contribution < -0.4 is 10.1 Å². The van der Waals surface area contributed by atoms with Gasteiger partial charge in [0.1, 0.15) is 11.9 Å². The number of hydrogen-bond donors (Lipinski definition) is 1. The van der Waals surface area contributed by atoms with E-state index in [2.05, 4.69) is 34.5 Å². The Balaban J connectivity index is 2.15. The molecule has 0 saturated heterocycles. The molecule has 0 radical (unpaired) electrons. The van der Waals surface area contributed by atoms with Crippen LogP contribution in [0.25, 0.3) is 0 Å². The summed E-state index contributed by atoms with van der Waals surface area (Å²) in [5.74, 6) is 1.08. The van der Waals surface area contributed by atoms with Crippen molar-refractivity contribution in [2.45, 2.75) is 53.2 Å². The lowest BCUT2D eigenvalue weighted by Gasteiger charge is -2.22. The molecule has 2 unspecified atom stereocenters. The van der Waals surface area contributed by atoms with E-state index >= 15 is 0 Å². The molecule has 1 amide bonds. The molecule has 2 aromatic heterocycles. The molecule has 130 valence electrons. The standard InChI is InChI=1S/C17H24N4O3/c1-6-11(4)16(13-9-18-24-12(13)5)23-15-8-7-14(20-21-15)17(22)19-10(2)3/h7-11,16H,6H2,1-5H3,(H,19,22). The zero-order valence-corrected chi connectivity index (χ0v) is 14.7. The Morgan fingerprint density at radius 2 is 2.04 bits per heavy atom. The van der Waals surface area contributed by atoms with Crippen LogP contribution in [0.3, 0.4) is 0 Å². The molecule has 0 fully saturated rings. The highest BCUT2D eigenvalue weighted by Gasteiger charge is 2.25. The summed E-state index contributed by atoms with van der Waals surface area (Å²) in [6.45, 7) is 9.82. The Morgan fingerprint density at radius 1 is 1.29 bits per heavy atom. The number of nitrogens with one attached hydrogen (secondary N) is 1. The molecular formula is C17H24N4O3. The van der Waals surface area contributed by atoms with Gasteiger partial charge in [-0.3, -0.25) is 4.79 Å². The van der Waals surface area contributed by atoms with Gasteiger partial charge >= 0.3 is 0 Å². The first-order chi connectivity index (χ1) is 11.4. The predicted octanol–water partition coefficient (Wildman–Crippen LogP) is 3.08. The van der Waals surface area contributed by atoms with Crippen molar-refractivity contribution in [1.82, 2.24) is 20.7 Å². The van der Waals surface area contributed by atoms with E-state index in [4.69, 9.17) is 9.26 Å². The molecular weight excluding hydrogens is 308 g/mol. The minimum Gasteiger partial charge on any atom is -0.468 e. The lowest BCUT2D eigenvalue weighted by Crippen LogP contribution is -2.30. The number of ether oxygens (including phenoxy) is 1. The summed E-state index contributed by atoms with van der Waals surface area (Å²) in [7, 11) is 0.